The van der Waals surface area contributed by atoms with Crippen LogP contribution in [0.1, 0.15) is 55.1 Å². The summed E-state index contributed by atoms with van der Waals surface area (Å²) in [5.41, 5.74) is 3.93. The molecule has 0 fully saturated rings. The quantitative estimate of drug-likeness (QED) is 0.558. The van der Waals surface area contributed by atoms with Gasteiger partial charge in [0.2, 0.25) is 5.91 Å². The minimum absolute atomic E-state index is 0.0489. The lowest BCUT2D eigenvalue weighted by molar-refractivity contribution is -0.116. The Labute approximate surface area is 172 Å². The van der Waals surface area contributed by atoms with Crippen molar-refractivity contribution in [2.45, 2.75) is 45.6 Å². The molecule has 0 aromatic heterocycles. The molecule has 152 valence electrons. The van der Waals surface area contributed by atoms with Crippen LogP contribution in [-0.4, -0.2) is 24.3 Å². The number of carbonyl (C=O) groups excluding carboxylic acids is 2. The van der Waals surface area contributed by atoms with Gasteiger partial charge in [0.25, 0.3) is 0 Å². The summed E-state index contributed by atoms with van der Waals surface area (Å²) in [7, 11) is 1.63. The highest BCUT2D eigenvalue weighted by Gasteiger charge is 2.28. The van der Waals surface area contributed by atoms with Gasteiger partial charge in [0.1, 0.15) is 5.75 Å². The third-order valence-corrected chi connectivity index (χ3v) is 4.90. The monoisotopic (exact) mass is 392 g/mol. The second kappa shape index (κ2) is 8.52. The molecule has 5 nitrogen and oxygen atoms in total. The molecule has 5 heteroatoms. The van der Waals surface area contributed by atoms with E-state index in [1.165, 1.54) is 5.56 Å². The highest BCUT2D eigenvalue weighted by molar-refractivity contribution is 6.09. The molecular formula is C24H28N2O3. The molecule has 1 aliphatic rings. The van der Waals surface area contributed by atoms with Crippen molar-refractivity contribution in [3.8, 4) is 5.75 Å². The number of amides is 1. The maximum absolute atomic E-state index is 13.0. The summed E-state index contributed by atoms with van der Waals surface area (Å²) in [6.07, 6.45) is 3.73. The number of ether oxygens (including phenoxy) is 1. The molecule has 2 aromatic carbocycles. The highest BCUT2D eigenvalue weighted by Crippen LogP contribution is 2.32. The Hall–Kier alpha value is -3.08. The standard InChI is InChI=1S/C24H28N2O3/c1-5-7-23(28)25-18-9-6-8-16(12-18)22(27)14-21-20-13-19(29-4)11-10-17(20)15-24(2,3)26-21/h6,8-14,26H,5,7,15H2,1-4H3,(H,25,28). The highest BCUT2D eigenvalue weighted by atomic mass is 16.5. The number of hydrogen-bond donors (Lipinski definition) is 2. The lowest BCUT2D eigenvalue weighted by Gasteiger charge is -2.35. The van der Waals surface area contributed by atoms with Gasteiger partial charge in [0.15, 0.2) is 5.78 Å². The molecule has 1 aliphatic heterocycles. The Balaban J connectivity index is 1.92. The van der Waals surface area contributed by atoms with Crippen molar-refractivity contribution in [3.05, 3.63) is 65.2 Å². The Morgan fingerprint density at radius 2 is 2.00 bits per heavy atom. The smallest absolute Gasteiger partial charge is 0.224 e. The van der Waals surface area contributed by atoms with Crippen LogP contribution in [0.4, 0.5) is 5.69 Å². The van der Waals surface area contributed by atoms with Gasteiger partial charge in [0.05, 0.1) is 7.11 Å². The summed E-state index contributed by atoms with van der Waals surface area (Å²) < 4.78 is 5.36. The van der Waals surface area contributed by atoms with Crippen LogP contribution >= 0.6 is 0 Å². The van der Waals surface area contributed by atoms with Crippen LogP contribution < -0.4 is 15.4 Å². The average Bonchev–Trinajstić information content (AvgIpc) is 2.67. The predicted octanol–water partition coefficient (Wildman–Crippen LogP) is 4.58. The van der Waals surface area contributed by atoms with Gasteiger partial charge in [-0.2, -0.15) is 0 Å². The van der Waals surface area contributed by atoms with Crippen molar-refractivity contribution in [3.63, 3.8) is 0 Å². The Morgan fingerprint density at radius 3 is 2.72 bits per heavy atom. The third kappa shape index (κ3) is 5.05. The number of carbonyl (C=O) groups is 2. The first-order chi connectivity index (χ1) is 13.8. The summed E-state index contributed by atoms with van der Waals surface area (Å²) in [4.78, 5) is 24.8. The number of ketones is 1. The third-order valence-electron chi connectivity index (χ3n) is 4.90. The van der Waals surface area contributed by atoms with E-state index in [9.17, 15) is 9.59 Å². The number of fused-ring (bicyclic) bond motifs is 1. The van der Waals surface area contributed by atoms with Gasteiger partial charge in [-0.1, -0.05) is 25.1 Å². The zero-order chi connectivity index (χ0) is 21.0. The molecule has 0 unspecified atom stereocenters. The largest absolute Gasteiger partial charge is 0.497 e. The molecular weight excluding hydrogens is 364 g/mol. The van der Waals surface area contributed by atoms with Crippen LogP contribution in [0, 0.1) is 0 Å². The molecule has 0 bridgehead atoms. The molecule has 0 aliphatic carbocycles. The number of nitrogens with one attached hydrogen (secondary N) is 2. The zero-order valence-electron chi connectivity index (χ0n) is 17.5. The molecule has 0 spiro atoms. The van der Waals surface area contributed by atoms with Gasteiger partial charge in [-0.3, -0.25) is 9.59 Å². The predicted molar refractivity (Wildman–Crippen MR) is 116 cm³/mol. The van der Waals surface area contributed by atoms with E-state index in [2.05, 4.69) is 30.5 Å². The Kier molecular flexibility index (Phi) is 6.06. The fourth-order valence-electron chi connectivity index (χ4n) is 3.57. The fraction of sp³-hybridized carbons (Fsp3) is 0.333. The molecule has 2 aromatic rings. The maximum Gasteiger partial charge on any atom is 0.224 e. The second-order valence-corrected chi connectivity index (χ2v) is 8.01. The summed E-state index contributed by atoms with van der Waals surface area (Å²) in [6.45, 7) is 6.18. The van der Waals surface area contributed by atoms with E-state index in [1.54, 1.807) is 37.5 Å². The summed E-state index contributed by atoms with van der Waals surface area (Å²) in [5.74, 6) is 0.585. The first-order valence-electron chi connectivity index (χ1n) is 9.93. The molecule has 1 amide bonds. The first kappa shape index (κ1) is 20.6. The summed E-state index contributed by atoms with van der Waals surface area (Å²) >= 11 is 0. The molecule has 0 atom stereocenters. The van der Waals surface area contributed by atoms with E-state index in [0.717, 1.165) is 29.9 Å². The summed E-state index contributed by atoms with van der Waals surface area (Å²) in [5, 5.41) is 6.32. The van der Waals surface area contributed by atoms with Gasteiger partial charge in [-0.05, 0) is 56.5 Å². The van der Waals surface area contributed by atoms with E-state index in [-0.39, 0.29) is 17.2 Å². The Bertz CT molecular complexity index is 960. The van der Waals surface area contributed by atoms with Crippen LogP contribution in [0.2, 0.25) is 0 Å². The number of anilines is 1. The summed E-state index contributed by atoms with van der Waals surface area (Å²) in [6, 6.07) is 13.0. The molecule has 1 heterocycles. The van der Waals surface area contributed by atoms with Crippen LogP contribution in [0.25, 0.3) is 5.70 Å². The van der Waals surface area contributed by atoms with Gasteiger partial charge >= 0.3 is 0 Å². The number of benzene rings is 2. The van der Waals surface area contributed by atoms with Crippen molar-refractivity contribution < 1.29 is 14.3 Å². The van der Waals surface area contributed by atoms with E-state index < -0.39 is 0 Å². The second-order valence-electron chi connectivity index (χ2n) is 8.01. The topological polar surface area (TPSA) is 67.4 Å². The molecule has 3 rings (SSSR count). The van der Waals surface area contributed by atoms with Crippen molar-refractivity contribution in [1.82, 2.24) is 5.32 Å². The van der Waals surface area contributed by atoms with Gasteiger partial charge < -0.3 is 15.4 Å². The van der Waals surface area contributed by atoms with Crippen LogP contribution in [0.3, 0.4) is 0 Å². The van der Waals surface area contributed by atoms with E-state index >= 15 is 0 Å². The number of rotatable bonds is 6. The minimum Gasteiger partial charge on any atom is -0.497 e. The molecule has 0 saturated heterocycles. The van der Waals surface area contributed by atoms with Crippen molar-refractivity contribution >= 4 is 23.1 Å². The van der Waals surface area contributed by atoms with Gasteiger partial charge in [0, 0.05) is 40.5 Å². The number of methoxy groups -OCH3 is 1. The van der Waals surface area contributed by atoms with E-state index in [4.69, 9.17) is 4.74 Å². The van der Waals surface area contributed by atoms with Crippen LogP contribution in [-0.2, 0) is 11.2 Å². The van der Waals surface area contributed by atoms with Crippen molar-refractivity contribution in [2.75, 3.05) is 12.4 Å². The molecule has 0 radical (unpaired) electrons. The van der Waals surface area contributed by atoms with E-state index in [1.807, 2.05) is 19.1 Å². The molecule has 29 heavy (non-hydrogen) atoms. The lowest BCUT2D eigenvalue weighted by atomic mass is 9.85. The first-order valence-corrected chi connectivity index (χ1v) is 9.93. The van der Waals surface area contributed by atoms with Crippen molar-refractivity contribution in [2.24, 2.45) is 0 Å². The Morgan fingerprint density at radius 1 is 1.21 bits per heavy atom. The fourth-order valence-corrected chi connectivity index (χ4v) is 3.57. The van der Waals surface area contributed by atoms with Crippen molar-refractivity contribution in [1.29, 1.82) is 0 Å². The molecule has 2 N–H and O–H groups in total. The molecule has 0 saturated carbocycles. The van der Waals surface area contributed by atoms with Crippen LogP contribution in [0.5, 0.6) is 5.75 Å². The SMILES string of the molecule is CCCC(=O)Nc1cccc(C(=O)C=C2NC(C)(C)Cc3ccc(OC)cc32)c1. The normalized spacial score (nSPS) is 15.9. The zero-order valence-corrected chi connectivity index (χ0v) is 17.5. The van der Waals surface area contributed by atoms with Gasteiger partial charge in [-0.15, -0.1) is 0 Å². The van der Waals surface area contributed by atoms with Gasteiger partial charge in [-0.25, -0.2) is 0 Å². The average molecular weight is 392 g/mol. The number of allylic oxidation sites excluding steroid dienone is 1. The lowest BCUT2D eigenvalue weighted by Crippen LogP contribution is -2.43. The van der Waals surface area contributed by atoms with E-state index in [0.29, 0.717) is 17.7 Å². The number of hydrogen-bond acceptors (Lipinski definition) is 4. The van der Waals surface area contributed by atoms with Crippen LogP contribution in [0.15, 0.2) is 48.5 Å². The maximum atomic E-state index is 13.0. The minimum atomic E-state index is -0.163.